The summed E-state index contributed by atoms with van der Waals surface area (Å²) in [5.74, 6) is 0. The summed E-state index contributed by atoms with van der Waals surface area (Å²) in [5.41, 5.74) is 1.37. The number of nitrogens with zero attached hydrogens (tertiary/aromatic N) is 1. The minimum atomic E-state index is 0.554. The van der Waals surface area contributed by atoms with Gasteiger partial charge in [0.15, 0.2) is 0 Å². The normalized spacial score (nSPS) is 20.8. The maximum absolute atomic E-state index is 5.96. The Morgan fingerprint density at radius 1 is 1.25 bits per heavy atom. The monoisotopic (exact) mass is 294 g/mol. The Morgan fingerprint density at radius 2 is 1.95 bits per heavy atom. The van der Waals surface area contributed by atoms with Crippen LogP contribution < -0.4 is 5.32 Å². The van der Waals surface area contributed by atoms with E-state index >= 15 is 0 Å². The van der Waals surface area contributed by atoms with E-state index in [0.717, 1.165) is 18.0 Å². The van der Waals surface area contributed by atoms with Gasteiger partial charge in [-0.15, -0.1) is 0 Å². The molecule has 0 radical (unpaired) electrons. The van der Waals surface area contributed by atoms with Crippen molar-refractivity contribution in [2.24, 2.45) is 0 Å². The Labute approximate surface area is 128 Å². The van der Waals surface area contributed by atoms with Gasteiger partial charge in [-0.2, -0.15) is 0 Å². The maximum atomic E-state index is 5.96. The molecular formula is C17H27ClN2. The van der Waals surface area contributed by atoms with Gasteiger partial charge in [-0.25, -0.2) is 0 Å². The molecule has 1 fully saturated rings. The molecule has 0 saturated carbocycles. The number of halogens is 1. The number of benzene rings is 1. The highest BCUT2D eigenvalue weighted by atomic mass is 35.5. The molecule has 2 nitrogen and oxygen atoms in total. The molecule has 1 aliphatic heterocycles. The van der Waals surface area contributed by atoms with Gasteiger partial charge in [0.1, 0.15) is 0 Å². The molecule has 1 aliphatic rings. The first-order chi connectivity index (χ1) is 9.56. The molecule has 2 atom stereocenters. The quantitative estimate of drug-likeness (QED) is 0.860. The van der Waals surface area contributed by atoms with E-state index in [9.17, 15) is 0 Å². The van der Waals surface area contributed by atoms with E-state index in [4.69, 9.17) is 11.6 Å². The van der Waals surface area contributed by atoms with Crippen LogP contribution in [0.4, 0.5) is 0 Å². The average Bonchev–Trinajstić information content (AvgIpc) is 2.91. The summed E-state index contributed by atoms with van der Waals surface area (Å²) in [6.07, 6.45) is 3.72. The van der Waals surface area contributed by atoms with E-state index in [2.05, 4.69) is 43.1 Å². The average molecular weight is 295 g/mol. The molecular weight excluding hydrogens is 268 g/mol. The minimum Gasteiger partial charge on any atom is -0.313 e. The zero-order chi connectivity index (χ0) is 14.5. The Kier molecular flexibility index (Phi) is 5.88. The molecule has 1 aromatic rings. The topological polar surface area (TPSA) is 15.3 Å². The summed E-state index contributed by atoms with van der Waals surface area (Å²) in [4.78, 5) is 2.62. The van der Waals surface area contributed by atoms with Gasteiger partial charge in [-0.05, 0) is 64.3 Å². The smallest absolute Gasteiger partial charge is 0.0406 e. The molecule has 2 rings (SSSR count). The van der Waals surface area contributed by atoms with Crippen LogP contribution in [-0.2, 0) is 6.42 Å². The zero-order valence-electron chi connectivity index (χ0n) is 12.9. The predicted molar refractivity (Wildman–Crippen MR) is 87.5 cm³/mol. The van der Waals surface area contributed by atoms with Crippen molar-refractivity contribution in [3.63, 3.8) is 0 Å². The molecule has 0 bridgehead atoms. The highest BCUT2D eigenvalue weighted by molar-refractivity contribution is 6.30. The largest absolute Gasteiger partial charge is 0.313 e. The van der Waals surface area contributed by atoms with Gasteiger partial charge in [0, 0.05) is 29.7 Å². The van der Waals surface area contributed by atoms with Crippen LogP contribution in [0.25, 0.3) is 0 Å². The van der Waals surface area contributed by atoms with Gasteiger partial charge in [-0.1, -0.05) is 23.7 Å². The molecule has 1 saturated heterocycles. The summed E-state index contributed by atoms with van der Waals surface area (Å²) in [7, 11) is 0. The fourth-order valence-electron chi connectivity index (χ4n) is 3.15. The van der Waals surface area contributed by atoms with Crippen LogP contribution in [0, 0.1) is 0 Å². The summed E-state index contributed by atoms with van der Waals surface area (Å²) in [5, 5.41) is 4.43. The summed E-state index contributed by atoms with van der Waals surface area (Å²) < 4.78 is 0. The molecule has 0 aliphatic carbocycles. The third kappa shape index (κ3) is 4.47. The second kappa shape index (κ2) is 7.44. The van der Waals surface area contributed by atoms with E-state index in [1.165, 1.54) is 24.9 Å². The number of nitrogens with one attached hydrogen (secondary N) is 1. The summed E-state index contributed by atoms with van der Waals surface area (Å²) >= 11 is 5.96. The first-order valence-electron chi connectivity index (χ1n) is 7.80. The van der Waals surface area contributed by atoms with Gasteiger partial charge in [-0.3, -0.25) is 4.90 Å². The molecule has 2 unspecified atom stereocenters. The molecule has 0 spiro atoms. The standard InChI is InChI=1S/C17H27ClN2/c1-13(2)20(12-17-5-4-10-19-17)14(3)11-15-6-8-16(18)9-7-15/h6-9,13-14,17,19H,4-5,10-12H2,1-3H3. The number of rotatable bonds is 6. The van der Waals surface area contributed by atoms with Crippen molar-refractivity contribution in [3.8, 4) is 0 Å². The predicted octanol–water partition coefficient (Wildman–Crippen LogP) is 3.73. The van der Waals surface area contributed by atoms with Crippen molar-refractivity contribution in [2.45, 2.75) is 58.2 Å². The van der Waals surface area contributed by atoms with Gasteiger partial charge in [0.05, 0.1) is 0 Å². The van der Waals surface area contributed by atoms with Crippen molar-refractivity contribution < 1.29 is 0 Å². The molecule has 1 aromatic carbocycles. The van der Waals surface area contributed by atoms with E-state index in [0.29, 0.717) is 18.1 Å². The maximum Gasteiger partial charge on any atom is 0.0406 e. The van der Waals surface area contributed by atoms with E-state index < -0.39 is 0 Å². The van der Waals surface area contributed by atoms with E-state index in [1.54, 1.807) is 0 Å². The van der Waals surface area contributed by atoms with Crippen molar-refractivity contribution in [1.82, 2.24) is 10.2 Å². The van der Waals surface area contributed by atoms with Crippen molar-refractivity contribution in [2.75, 3.05) is 13.1 Å². The highest BCUT2D eigenvalue weighted by Crippen LogP contribution is 2.17. The number of hydrogen-bond acceptors (Lipinski definition) is 2. The summed E-state index contributed by atoms with van der Waals surface area (Å²) in [6, 6.07) is 10.1. The lowest BCUT2D eigenvalue weighted by molar-refractivity contribution is 0.148. The molecule has 112 valence electrons. The van der Waals surface area contributed by atoms with Crippen LogP contribution in [0.5, 0.6) is 0 Å². The molecule has 1 heterocycles. The van der Waals surface area contributed by atoms with Crippen LogP contribution in [0.3, 0.4) is 0 Å². The zero-order valence-corrected chi connectivity index (χ0v) is 13.7. The van der Waals surface area contributed by atoms with Crippen LogP contribution in [0.15, 0.2) is 24.3 Å². The Bertz CT molecular complexity index is 396. The van der Waals surface area contributed by atoms with Gasteiger partial charge in [0.2, 0.25) is 0 Å². The molecule has 3 heteroatoms. The lowest BCUT2D eigenvalue weighted by Crippen LogP contribution is -2.46. The molecule has 0 aromatic heterocycles. The minimum absolute atomic E-state index is 0.554. The third-order valence-electron chi connectivity index (χ3n) is 4.27. The molecule has 1 N–H and O–H groups in total. The van der Waals surface area contributed by atoms with Crippen LogP contribution >= 0.6 is 11.6 Å². The lowest BCUT2D eigenvalue weighted by atomic mass is 10.0. The SMILES string of the molecule is CC(C)N(CC1CCCN1)C(C)Cc1ccc(Cl)cc1. The highest BCUT2D eigenvalue weighted by Gasteiger charge is 2.23. The fourth-order valence-corrected chi connectivity index (χ4v) is 3.27. The van der Waals surface area contributed by atoms with Gasteiger partial charge >= 0.3 is 0 Å². The van der Waals surface area contributed by atoms with Crippen LogP contribution in [0.1, 0.15) is 39.2 Å². The first-order valence-corrected chi connectivity index (χ1v) is 8.17. The second-order valence-corrected chi connectivity index (χ2v) is 6.70. The van der Waals surface area contributed by atoms with Crippen LogP contribution in [-0.4, -0.2) is 36.1 Å². The van der Waals surface area contributed by atoms with Gasteiger partial charge < -0.3 is 5.32 Å². The van der Waals surface area contributed by atoms with Gasteiger partial charge in [0.25, 0.3) is 0 Å². The Hall–Kier alpha value is -0.570. The Morgan fingerprint density at radius 3 is 2.50 bits per heavy atom. The third-order valence-corrected chi connectivity index (χ3v) is 4.52. The molecule has 20 heavy (non-hydrogen) atoms. The first kappa shape index (κ1) is 15.8. The fraction of sp³-hybridized carbons (Fsp3) is 0.647. The van der Waals surface area contributed by atoms with Crippen molar-refractivity contribution in [1.29, 1.82) is 0 Å². The van der Waals surface area contributed by atoms with Crippen LogP contribution in [0.2, 0.25) is 5.02 Å². The second-order valence-electron chi connectivity index (χ2n) is 6.26. The summed E-state index contributed by atoms with van der Waals surface area (Å²) in [6.45, 7) is 9.28. The number of hydrogen-bond donors (Lipinski definition) is 1. The van der Waals surface area contributed by atoms with Crippen molar-refractivity contribution >= 4 is 11.6 Å². The lowest BCUT2D eigenvalue weighted by Gasteiger charge is -2.35. The van der Waals surface area contributed by atoms with Crippen molar-refractivity contribution in [3.05, 3.63) is 34.9 Å². The Balaban J connectivity index is 1.95. The van der Waals surface area contributed by atoms with E-state index in [-0.39, 0.29) is 0 Å². The van der Waals surface area contributed by atoms with E-state index in [1.807, 2.05) is 12.1 Å². The molecule has 0 amide bonds.